The molecule has 0 fully saturated rings. The fourth-order valence-corrected chi connectivity index (χ4v) is 3.09. The van der Waals surface area contributed by atoms with E-state index in [0.717, 1.165) is 24.9 Å². The third-order valence-corrected chi connectivity index (χ3v) is 5.77. The minimum atomic E-state index is -0.363. The van der Waals surface area contributed by atoms with Crippen molar-refractivity contribution in [2.75, 3.05) is 12.8 Å². The molecule has 1 atom stereocenters. The van der Waals surface area contributed by atoms with E-state index in [1.54, 1.807) is 12.1 Å². The molecule has 1 rings (SSSR count). The van der Waals surface area contributed by atoms with Gasteiger partial charge in [-0.05, 0) is 43.7 Å². The highest BCUT2D eigenvalue weighted by Gasteiger charge is 2.25. The van der Waals surface area contributed by atoms with Crippen LogP contribution in [0.1, 0.15) is 45.2 Å². The van der Waals surface area contributed by atoms with Crippen LogP contribution >= 0.6 is 23.4 Å². The van der Waals surface area contributed by atoms with Crippen molar-refractivity contribution in [2.24, 2.45) is 0 Å². The molecule has 4 heteroatoms. The number of nitrogens with one attached hydrogen (secondary N) is 1. The monoisotopic (exact) mass is 303 g/mol. The number of thioether (sulfide) groups is 1. The van der Waals surface area contributed by atoms with Crippen LogP contribution in [0.2, 0.25) is 5.02 Å². The molecular formula is C15H23ClFNS. The summed E-state index contributed by atoms with van der Waals surface area (Å²) in [5.41, 5.74) is 1.02. The third kappa shape index (κ3) is 4.37. The summed E-state index contributed by atoms with van der Waals surface area (Å²) in [4.78, 5) is 0. The van der Waals surface area contributed by atoms with Gasteiger partial charge in [0.15, 0.2) is 0 Å². The Labute approximate surface area is 125 Å². The molecule has 108 valence electrons. The SMILES string of the molecule is CCC(CC)(CNC(C)c1ccc(F)c(Cl)c1)SC. The average molecular weight is 304 g/mol. The number of halogens is 2. The predicted octanol–water partition coefficient (Wildman–Crippen LogP) is 5.05. The first kappa shape index (κ1) is 16.8. The topological polar surface area (TPSA) is 12.0 Å². The maximum Gasteiger partial charge on any atom is 0.141 e. The summed E-state index contributed by atoms with van der Waals surface area (Å²) in [7, 11) is 0. The van der Waals surface area contributed by atoms with Crippen molar-refractivity contribution in [2.45, 2.75) is 44.4 Å². The van der Waals surface area contributed by atoms with Gasteiger partial charge in [0.2, 0.25) is 0 Å². The maximum absolute atomic E-state index is 13.1. The lowest BCUT2D eigenvalue weighted by atomic mass is 10.0. The zero-order chi connectivity index (χ0) is 14.5. The summed E-state index contributed by atoms with van der Waals surface area (Å²) in [6.07, 6.45) is 4.43. The lowest BCUT2D eigenvalue weighted by Crippen LogP contribution is -2.37. The Hall–Kier alpha value is -0.250. The van der Waals surface area contributed by atoms with Crippen LogP contribution in [0.5, 0.6) is 0 Å². The Balaban J connectivity index is 2.69. The van der Waals surface area contributed by atoms with Crippen molar-refractivity contribution >= 4 is 23.4 Å². The Morgan fingerprint density at radius 2 is 2.00 bits per heavy atom. The highest BCUT2D eigenvalue weighted by molar-refractivity contribution is 8.00. The quantitative estimate of drug-likeness (QED) is 0.756. The average Bonchev–Trinajstić information content (AvgIpc) is 2.43. The number of hydrogen-bond donors (Lipinski definition) is 1. The van der Waals surface area contributed by atoms with Crippen molar-refractivity contribution in [1.29, 1.82) is 0 Å². The van der Waals surface area contributed by atoms with Crippen LogP contribution in [0.25, 0.3) is 0 Å². The van der Waals surface area contributed by atoms with E-state index in [0.29, 0.717) is 0 Å². The van der Waals surface area contributed by atoms with E-state index in [2.05, 4.69) is 32.3 Å². The van der Waals surface area contributed by atoms with E-state index in [-0.39, 0.29) is 21.6 Å². The maximum atomic E-state index is 13.1. The van der Waals surface area contributed by atoms with Gasteiger partial charge in [-0.15, -0.1) is 0 Å². The molecule has 0 spiro atoms. The molecule has 0 aliphatic carbocycles. The summed E-state index contributed by atoms with van der Waals surface area (Å²) in [5, 5.41) is 3.73. The Morgan fingerprint density at radius 3 is 2.47 bits per heavy atom. The van der Waals surface area contributed by atoms with Crippen LogP contribution in [0.4, 0.5) is 4.39 Å². The molecule has 1 unspecified atom stereocenters. The van der Waals surface area contributed by atoms with Gasteiger partial charge in [0.25, 0.3) is 0 Å². The highest BCUT2D eigenvalue weighted by Crippen LogP contribution is 2.30. The lowest BCUT2D eigenvalue weighted by Gasteiger charge is -2.31. The molecule has 0 aliphatic heterocycles. The summed E-state index contributed by atoms with van der Waals surface area (Å²) >= 11 is 7.73. The molecule has 0 amide bonds. The number of hydrogen-bond acceptors (Lipinski definition) is 2. The second-order valence-electron chi connectivity index (χ2n) is 4.87. The van der Waals surface area contributed by atoms with Gasteiger partial charge in [0, 0.05) is 17.3 Å². The van der Waals surface area contributed by atoms with Gasteiger partial charge in [-0.2, -0.15) is 11.8 Å². The van der Waals surface area contributed by atoms with Crippen molar-refractivity contribution in [3.63, 3.8) is 0 Å². The van der Waals surface area contributed by atoms with Crippen LogP contribution in [0.3, 0.4) is 0 Å². The summed E-state index contributed by atoms with van der Waals surface area (Å²) in [5.74, 6) is -0.363. The molecule has 1 aromatic rings. The fourth-order valence-electron chi connectivity index (χ4n) is 2.10. The normalized spacial score (nSPS) is 13.6. The number of benzene rings is 1. The van der Waals surface area contributed by atoms with Gasteiger partial charge in [-0.25, -0.2) is 4.39 Å². The van der Waals surface area contributed by atoms with Gasteiger partial charge in [-0.1, -0.05) is 31.5 Å². The molecule has 1 N–H and O–H groups in total. The standard InChI is InChI=1S/C15H23ClFNS/c1-5-15(6-2,19-4)10-18-11(3)12-7-8-14(17)13(16)9-12/h7-9,11,18H,5-6,10H2,1-4H3. The van der Waals surface area contributed by atoms with E-state index < -0.39 is 0 Å². The Kier molecular flexibility index (Phi) is 6.64. The van der Waals surface area contributed by atoms with Crippen molar-refractivity contribution in [3.8, 4) is 0 Å². The summed E-state index contributed by atoms with van der Waals surface area (Å²) in [6.45, 7) is 7.47. The van der Waals surface area contributed by atoms with E-state index in [4.69, 9.17) is 11.6 Å². The summed E-state index contributed by atoms with van der Waals surface area (Å²) < 4.78 is 13.4. The van der Waals surface area contributed by atoms with Crippen LogP contribution in [-0.4, -0.2) is 17.5 Å². The molecule has 0 saturated carbocycles. The van der Waals surface area contributed by atoms with Crippen molar-refractivity contribution in [1.82, 2.24) is 5.32 Å². The Morgan fingerprint density at radius 1 is 1.37 bits per heavy atom. The molecule has 0 radical (unpaired) electrons. The van der Waals surface area contributed by atoms with E-state index in [1.807, 2.05) is 11.8 Å². The van der Waals surface area contributed by atoms with Crippen LogP contribution in [-0.2, 0) is 0 Å². The fraction of sp³-hybridized carbons (Fsp3) is 0.600. The van der Waals surface area contributed by atoms with Gasteiger partial charge >= 0.3 is 0 Å². The largest absolute Gasteiger partial charge is 0.309 e. The predicted molar refractivity (Wildman–Crippen MR) is 84.7 cm³/mol. The lowest BCUT2D eigenvalue weighted by molar-refractivity contribution is 0.459. The molecule has 1 aromatic carbocycles. The zero-order valence-corrected chi connectivity index (χ0v) is 13.7. The molecular weight excluding hydrogens is 281 g/mol. The van der Waals surface area contributed by atoms with Gasteiger partial charge in [0.1, 0.15) is 5.82 Å². The van der Waals surface area contributed by atoms with Crippen LogP contribution < -0.4 is 5.32 Å². The number of rotatable bonds is 7. The molecule has 0 aromatic heterocycles. The molecule has 0 bridgehead atoms. The minimum absolute atomic E-state index is 0.169. The highest BCUT2D eigenvalue weighted by atomic mass is 35.5. The van der Waals surface area contributed by atoms with E-state index in [1.165, 1.54) is 6.07 Å². The second kappa shape index (κ2) is 7.51. The zero-order valence-electron chi connectivity index (χ0n) is 12.1. The first-order chi connectivity index (χ1) is 8.98. The third-order valence-electron chi connectivity index (χ3n) is 3.90. The van der Waals surface area contributed by atoms with Crippen molar-refractivity contribution < 1.29 is 4.39 Å². The van der Waals surface area contributed by atoms with Gasteiger partial charge in [-0.3, -0.25) is 0 Å². The first-order valence-corrected chi connectivity index (χ1v) is 8.31. The molecule has 0 aliphatic rings. The van der Waals surface area contributed by atoms with E-state index >= 15 is 0 Å². The minimum Gasteiger partial charge on any atom is -0.309 e. The van der Waals surface area contributed by atoms with Gasteiger partial charge in [0.05, 0.1) is 5.02 Å². The molecule has 1 nitrogen and oxygen atoms in total. The van der Waals surface area contributed by atoms with E-state index in [9.17, 15) is 4.39 Å². The molecule has 19 heavy (non-hydrogen) atoms. The molecule has 0 saturated heterocycles. The van der Waals surface area contributed by atoms with Crippen LogP contribution in [0, 0.1) is 5.82 Å². The molecule has 0 heterocycles. The van der Waals surface area contributed by atoms with Crippen molar-refractivity contribution in [3.05, 3.63) is 34.6 Å². The Bertz CT molecular complexity index is 399. The first-order valence-electron chi connectivity index (χ1n) is 6.71. The van der Waals surface area contributed by atoms with Crippen LogP contribution in [0.15, 0.2) is 18.2 Å². The van der Waals surface area contributed by atoms with Gasteiger partial charge < -0.3 is 5.32 Å². The second-order valence-corrected chi connectivity index (χ2v) is 6.55. The smallest absolute Gasteiger partial charge is 0.141 e. The summed E-state index contributed by atoms with van der Waals surface area (Å²) in [6, 6.07) is 5.09.